The van der Waals surface area contributed by atoms with Crippen LogP contribution < -0.4 is 0 Å². The first-order valence-corrected chi connectivity index (χ1v) is 4.59. The van der Waals surface area contributed by atoms with Crippen molar-refractivity contribution in [3.63, 3.8) is 0 Å². The average Bonchev–Trinajstić information content (AvgIpc) is 2.37. The average molecular weight is 184 g/mol. The van der Waals surface area contributed by atoms with Crippen LogP contribution in [0.1, 0.15) is 25.8 Å². The van der Waals surface area contributed by atoms with Gasteiger partial charge in [-0.3, -0.25) is 0 Å². The summed E-state index contributed by atoms with van der Waals surface area (Å²) in [5, 5.41) is 14.0. The molecule has 0 spiro atoms. The van der Waals surface area contributed by atoms with Gasteiger partial charge >= 0.3 is 0 Å². The Balaban J connectivity index is 2.84. The van der Waals surface area contributed by atoms with Crippen molar-refractivity contribution >= 4 is 17.6 Å². The normalized spacial score (nSPS) is 13.4. The van der Waals surface area contributed by atoms with Gasteiger partial charge in [0, 0.05) is 32.3 Å². The number of hydrogen-bond acceptors (Lipinski definition) is 3. The van der Waals surface area contributed by atoms with Crippen LogP contribution in [0.15, 0.2) is 11.6 Å². The molecule has 0 aliphatic carbocycles. The summed E-state index contributed by atoms with van der Waals surface area (Å²) in [6.45, 7) is 5.60. The predicted molar refractivity (Wildman–Crippen MR) is 50.7 cm³/mol. The summed E-state index contributed by atoms with van der Waals surface area (Å²) in [6.07, 6.45) is 3.21. The molecule has 0 radical (unpaired) electrons. The highest BCUT2D eigenvalue weighted by Gasteiger charge is 2.18. The highest BCUT2D eigenvalue weighted by molar-refractivity contribution is 7.11. The second-order valence-electron chi connectivity index (χ2n) is 3.50. The fourth-order valence-electron chi connectivity index (χ4n) is 0.592. The molecule has 3 nitrogen and oxygen atoms in total. The van der Waals surface area contributed by atoms with Crippen molar-refractivity contribution in [1.82, 2.24) is 4.98 Å². The lowest BCUT2D eigenvalue weighted by Gasteiger charge is -2.17. The fourth-order valence-corrected chi connectivity index (χ4v) is 1.13. The Morgan fingerprint density at radius 3 is 2.67 bits per heavy atom. The first-order chi connectivity index (χ1) is 5.50. The van der Waals surface area contributed by atoms with Crippen LogP contribution in [-0.2, 0) is 0 Å². The SMILES string of the molecule is CC(C)(C)[N+]([O-])=Cc1nccs1. The second kappa shape index (κ2) is 3.23. The predicted octanol–water partition coefficient (Wildman–Crippen LogP) is 1.87. The molecule has 0 saturated heterocycles. The van der Waals surface area contributed by atoms with Crippen LogP contribution in [0.5, 0.6) is 0 Å². The van der Waals surface area contributed by atoms with Crippen molar-refractivity contribution in [1.29, 1.82) is 0 Å². The quantitative estimate of drug-likeness (QED) is 0.289. The van der Waals surface area contributed by atoms with Gasteiger partial charge in [0.05, 0.1) is 0 Å². The Morgan fingerprint density at radius 1 is 1.58 bits per heavy atom. The van der Waals surface area contributed by atoms with Crippen molar-refractivity contribution < 1.29 is 4.74 Å². The fraction of sp³-hybridized carbons (Fsp3) is 0.500. The highest BCUT2D eigenvalue weighted by Crippen LogP contribution is 2.07. The molecule has 0 saturated carbocycles. The number of hydrogen-bond donors (Lipinski definition) is 0. The molecule has 0 N–H and O–H groups in total. The Labute approximate surface area is 76.0 Å². The molecule has 0 aromatic carbocycles. The molecule has 1 aromatic heterocycles. The Morgan fingerprint density at radius 2 is 2.25 bits per heavy atom. The van der Waals surface area contributed by atoms with Crippen molar-refractivity contribution in [2.24, 2.45) is 0 Å². The molecule has 0 aliphatic heterocycles. The first-order valence-electron chi connectivity index (χ1n) is 3.71. The third kappa shape index (κ3) is 2.30. The van der Waals surface area contributed by atoms with Crippen LogP contribution in [0.4, 0.5) is 0 Å². The van der Waals surface area contributed by atoms with Crippen molar-refractivity contribution in [2.75, 3.05) is 0 Å². The Kier molecular flexibility index (Phi) is 2.47. The van der Waals surface area contributed by atoms with E-state index in [0.29, 0.717) is 0 Å². The lowest BCUT2D eigenvalue weighted by Crippen LogP contribution is -2.29. The number of rotatable bonds is 1. The zero-order valence-corrected chi connectivity index (χ0v) is 8.26. The van der Waals surface area contributed by atoms with Gasteiger partial charge < -0.3 is 5.21 Å². The van der Waals surface area contributed by atoms with Crippen LogP contribution in [0, 0.1) is 5.21 Å². The molecule has 4 heteroatoms. The van der Waals surface area contributed by atoms with Gasteiger partial charge in [-0.15, -0.1) is 11.3 Å². The zero-order chi connectivity index (χ0) is 9.19. The van der Waals surface area contributed by atoms with Crippen LogP contribution in [0.2, 0.25) is 0 Å². The maximum absolute atomic E-state index is 11.4. The molecule has 0 aliphatic rings. The summed E-state index contributed by atoms with van der Waals surface area (Å²) >= 11 is 1.46. The van der Waals surface area contributed by atoms with Crippen LogP contribution in [-0.4, -0.2) is 21.5 Å². The third-order valence-corrected chi connectivity index (χ3v) is 2.05. The van der Waals surface area contributed by atoms with Crippen molar-refractivity contribution in [2.45, 2.75) is 26.3 Å². The molecule has 0 fully saturated rings. The van der Waals surface area contributed by atoms with E-state index < -0.39 is 0 Å². The molecular formula is C8H12N2OS. The van der Waals surface area contributed by atoms with Gasteiger partial charge in [-0.2, -0.15) is 0 Å². The maximum atomic E-state index is 11.4. The van der Waals surface area contributed by atoms with Crippen LogP contribution >= 0.6 is 11.3 Å². The molecule has 0 amide bonds. The minimum absolute atomic E-state index is 0.383. The van der Waals surface area contributed by atoms with Gasteiger partial charge in [0.1, 0.15) is 0 Å². The largest absolute Gasteiger partial charge is 0.623 e. The molecule has 0 atom stereocenters. The minimum atomic E-state index is -0.383. The van der Waals surface area contributed by atoms with E-state index in [0.717, 1.165) is 9.75 Å². The van der Waals surface area contributed by atoms with E-state index >= 15 is 0 Å². The number of hydroxylamine groups is 1. The third-order valence-electron chi connectivity index (χ3n) is 1.34. The molecule has 0 unspecified atom stereocenters. The zero-order valence-electron chi connectivity index (χ0n) is 7.44. The van der Waals surface area contributed by atoms with E-state index in [9.17, 15) is 5.21 Å². The number of nitrogens with zero attached hydrogens (tertiary/aromatic N) is 2. The van der Waals surface area contributed by atoms with E-state index in [1.165, 1.54) is 17.6 Å². The lowest BCUT2D eigenvalue weighted by molar-refractivity contribution is -0.530. The topological polar surface area (TPSA) is 39.0 Å². The van der Waals surface area contributed by atoms with E-state index in [2.05, 4.69) is 4.98 Å². The maximum Gasteiger partial charge on any atom is 0.211 e. The van der Waals surface area contributed by atoms with Gasteiger partial charge in [0.2, 0.25) is 6.21 Å². The molecule has 1 heterocycles. The Bertz CT molecular complexity index is 272. The lowest BCUT2D eigenvalue weighted by atomic mass is 10.1. The van der Waals surface area contributed by atoms with Gasteiger partial charge in [0.25, 0.3) is 0 Å². The molecule has 0 bridgehead atoms. The van der Waals surface area contributed by atoms with Gasteiger partial charge in [-0.1, -0.05) is 0 Å². The summed E-state index contributed by atoms with van der Waals surface area (Å²) in [4.78, 5) is 3.99. The van der Waals surface area contributed by atoms with Gasteiger partial charge in [-0.25, -0.2) is 9.72 Å². The van der Waals surface area contributed by atoms with Crippen molar-refractivity contribution in [3.05, 3.63) is 21.8 Å². The van der Waals surface area contributed by atoms with Crippen LogP contribution in [0.3, 0.4) is 0 Å². The monoisotopic (exact) mass is 184 g/mol. The minimum Gasteiger partial charge on any atom is -0.623 e. The van der Waals surface area contributed by atoms with Gasteiger partial charge in [-0.05, 0) is 0 Å². The van der Waals surface area contributed by atoms with Gasteiger partial charge in [0.15, 0.2) is 10.5 Å². The first kappa shape index (κ1) is 9.19. The van der Waals surface area contributed by atoms with E-state index in [1.54, 1.807) is 6.20 Å². The molecule has 1 rings (SSSR count). The standard InChI is InChI=1S/C8H12N2OS/c1-8(2,3)10(11)6-7-9-4-5-12-7/h4-6H,1-3H3. The van der Waals surface area contributed by atoms with E-state index in [1.807, 2.05) is 26.2 Å². The van der Waals surface area contributed by atoms with Crippen LogP contribution in [0.25, 0.3) is 0 Å². The van der Waals surface area contributed by atoms with E-state index in [4.69, 9.17) is 0 Å². The number of thiazole rings is 1. The molecule has 66 valence electrons. The molecular weight excluding hydrogens is 172 g/mol. The molecule has 12 heavy (non-hydrogen) atoms. The summed E-state index contributed by atoms with van der Waals surface area (Å²) in [6, 6.07) is 0. The molecule has 1 aromatic rings. The number of aromatic nitrogens is 1. The van der Waals surface area contributed by atoms with E-state index in [-0.39, 0.29) is 5.54 Å². The summed E-state index contributed by atoms with van der Waals surface area (Å²) in [7, 11) is 0. The summed E-state index contributed by atoms with van der Waals surface area (Å²) in [5.74, 6) is 0. The summed E-state index contributed by atoms with van der Waals surface area (Å²) in [5.41, 5.74) is -0.383. The summed E-state index contributed by atoms with van der Waals surface area (Å²) < 4.78 is 0.922. The Hall–Kier alpha value is -0.900. The highest BCUT2D eigenvalue weighted by atomic mass is 32.1. The van der Waals surface area contributed by atoms with Crippen molar-refractivity contribution in [3.8, 4) is 0 Å². The smallest absolute Gasteiger partial charge is 0.211 e. The second-order valence-corrected chi connectivity index (χ2v) is 4.42.